The normalized spacial score (nSPS) is 19.2. The number of nitrogens with one attached hydrogen (secondary N) is 1. The van der Waals surface area contributed by atoms with Gasteiger partial charge in [0.2, 0.25) is 0 Å². The van der Waals surface area contributed by atoms with Gasteiger partial charge in [0.1, 0.15) is 11.6 Å². The Balaban J connectivity index is 2.21. The molecule has 21 heavy (non-hydrogen) atoms. The van der Waals surface area contributed by atoms with Gasteiger partial charge in [-0.15, -0.1) is 0 Å². The fourth-order valence-electron chi connectivity index (χ4n) is 2.34. The molecule has 0 spiro atoms. The van der Waals surface area contributed by atoms with Crippen LogP contribution in [-0.4, -0.2) is 48.1 Å². The lowest BCUT2D eigenvalue weighted by atomic mass is 10.2. The first-order valence-corrected chi connectivity index (χ1v) is 7.42. The zero-order valence-electron chi connectivity index (χ0n) is 12.6. The second kappa shape index (κ2) is 7.36. The molecule has 1 amide bonds. The van der Waals surface area contributed by atoms with Crippen LogP contribution in [0.3, 0.4) is 0 Å². The number of anilines is 1. The van der Waals surface area contributed by atoms with E-state index < -0.39 is 5.82 Å². The molecule has 2 heterocycles. The van der Waals surface area contributed by atoms with E-state index in [-0.39, 0.29) is 17.6 Å². The summed E-state index contributed by atoms with van der Waals surface area (Å²) in [5.41, 5.74) is 0.289. The first kappa shape index (κ1) is 15.7. The van der Waals surface area contributed by atoms with Crippen LogP contribution in [0.1, 0.15) is 37.0 Å². The van der Waals surface area contributed by atoms with Crippen molar-refractivity contribution in [3.05, 3.63) is 23.6 Å². The fraction of sp³-hybridized carbons (Fsp3) is 0.600. The van der Waals surface area contributed by atoms with Crippen molar-refractivity contribution in [2.75, 3.05) is 31.6 Å². The van der Waals surface area contributed by atoms with Gasteiger partial charge >= 0.3 is 0 Å². The van der Waals surface area contributed by atoms with E-state index in [9.17, 15) is 9.18 Å². The average Bonchev–Trinajstić information content (AvgIpc) is 2.70. The van der Waals surface area contributed by atoms with Gasteiger partial charge in [0, 0.05) is 26.2 Å². The number of halogens is 1. The Labute approximate surface area is 124 Å². The standard InChI is InChI=1S/C15H22FN3O2/c1-3-5-17-14-13(8-12(16)9-18-14)15(20)19-6-4-7-21-11(2)10-19/h8-9,11H,3-7,10H2,1-2H3,(H,17,18). The molecule has 1 saturated heterocycles. The van der Waals surface area contributed by atoms with Crippen LogP contribution in [0.5, 0.6) is 0 Å². The lowest BCUT2D eigenvalue weighted by molar-refractivity contribution is 0.0563. The van der Waals surface area contributed by atoms with Gasteiger partial charge in [-0.1, -0.05) is 6.92 Å². The summed E-state index contributed by atoms with van der Waals surface area (Å²) in [6.07, 6.45) is 2.81. The number of carbonyl (C=O) groups is 1. The highest BCUT2D eigenvalue weighted by molar-refractivity contribution is 5.98. The minimum atomic E-state index is -0.500. The number of aromatic nitrogens is 1. The molecular formula is C15H22FN3O2. The van der Waals surface area contributed by atoms with Crippen molar-refractivity contribution in [1.82, 2.24) is 9.88 Å². The van der Waals surface area contributed by atoms with Crippen LogP contribution < -0.4 is 5.32 Å². The van der Waals surface area contributed by atoms with Gasteiger partial charge in [0.15, 0.2) is 0 Å². The first-order chi connectivity index (χ1) is 10.1. The number of rotatable bonds is 4. The lowest BCUT2D eigenvalue weighted by Crippen LogP contribution is -2.36. The van der Waals surface area contributed by atoms with Crippen molar-refractivity contribution in [1.29, 1.82) is 0 Å². The molecule has 1 N–H and O–H groups in total. The number of ether oxygens (including phenoxy) is 1. The Morgan fingerprint density at radius 3 is 3.19 bits per heavy atom. The number of amides is 1. The Bertz CT molecular complexity index is 496. The zero-order valence-corrected chi connectivity index (χ0v) is 12.6. The summed E-state index contributed by atoms with van der Waals surface area (Å²) in [6.45, 7) is 6.43. The van der Waals surface area contributed by atoms with E-state index >= 15 is 0 Å². The van der Waals surface area contributed by atoms with Crippen molar-refractivity contribution in [3.8, 4) is 0 Å². The van der Waals surface area contributed by atoms with Gasteiger partial charge in [-0.25, -0.2) is 9.37 Å². The maximum absolute atomic E-state index is 13.5. The third kappa shape index (κ3) is 4.14. The number of hydrogen-bond acceptors (Lipinski definition) is 4. The van der Waals surface area contributed by atoms with Gasteiger partial charge in [-0.05, 0) is 25.8 Å². The van der Waals surface area contributed by atoms with E-state index in [4.69, 9.17) is 4.74 Å². The smallest absolute Gasteiger partial charge is 0.257 e. The topological polar surface area (TPSA) is 54.5 Å². The molecule has 6 heteroatoms. The molecule has 1 unspecified atom stereocenters. The quantitative estimate of drug-likeness (QED) is 0.926. The molecule has 2 rings (SSSR count). The van der Waals surface area contributed by atoms with Gasteiger partial charge < -0.3 is 15.0 Å². The van der Waals surface area contributed by atoms with E-state index in [1.54, 1.807) is 4.90 Å². The molecule has 0 aromatic carbocycles. The van der Waals surface area contributed by atoms with Crippen LogP contribution in [0.15, 0.2) is 12.3 Å². The number of nitrogens with zero attached hydrogens (tertiary/aromatic N) is 2. The Kier molecular flexibility index (Phi) is 5.50. The maximum Gasteiger partial charge on any atom is 0.257 e. The number of carbonyl (C=O) groups excluding carboxylic acids is 1. The Morgan fingerprint density at radius 2 is 2.43 bits per heavy atom. The van der Waals surface area contributed by atoms with E-state index in [2.05, 4.69) is 10.3 Å². The zero-order chi connectivity index (χ0) is 15.2. The van der Waals surface area contributed by atoms with Crippen molar-refractivity contribution >= 4 is 11.7 Å². The molecule has 1 fully saturated rings. The SMILES string of the molecule is CCCNc1ncc(F)cc1C(=O)N1CCCOC(C)C1. The van der Waals surface area contributed by atoms with Gasteiger partial charge in [-0.2, -0.15) is 0 Å². The maximum atomic E-state index is 13.5. The van der Waals surface area contributed by atoms with Gasteiger partial charge in [0.05, 0.1) is 17.9 Å². The highest BCUT2D eigenvalue weighted by Gasteiger charge is 2.24. The van der Waals surface area contributed by atoms with Crippen molar-refractivity contribution < 1.29 is 13.9 Å². The molecule has 0 aliphatic carbocycles. The Hall–Kier alpha value is -1.69. The monoisotopic (exact) mass is 295 g/mol. The van der Waals surface area contributed by atoms with E-state index in [0.29, 0.717) is 32.1 Å². The van der Waals surface area contributed by atoms with Crippen LogP contribution >= 0.6 is 0 Å². The molecule has 1 atom stereocenters. The molecule has 0 bridgehead atoms. The summed E-state index contributed by atoms with van der Waals surface area (Å²) in [5, 5.41) is 3.08. The number of hydrogen-bond donors (Lipinski definition) is 1. The lowest BCUT2D eigenvalue weighted by Gasteiger charge is -2.23. The molecule has 5 nitrogen and oxygen atoms in total. The van der Waals surface area contributed by atoms with Crippen molar-refractivity contribution in [3.63, 3.8) is 0 Å². The van der Waals surface area contributed by atoms with Crippen LogP contribution in [-0.2, 0) is 4.74 Å². The second-order valence-electron chi connectivity index (χ2n) is 5.26. The van der Waals surface area contributed by atoms with Gasteiger partial charge in [-0.3, -0.25) is 4.79 Å². The van der Waals surface area contributed by atoms with Crippen LogP contribution in [0.4, 0.5) is 10.2 Å². The highest BCUT2D eigenvalue weighted by Crippen LogP contribution is 2.18. The summed E-state index contributed by atoms with van der Waals surface area (Å²) < 4.78 is 19.0. The summed E-state index contributed by atoms with van der Waals surface area (Å²) in [4.78, 5) is 18.4. The van der Waals surface area contributed by atoms with E-state index in [1.807, 2.05) is 13.8 Å². The molecule has 1 aliphatic rings. The predicted molar refractivity (Wildman–Crippen MR) is 78.9 cm³/mol. The minimum Gasteiger partial charge on any atom is -0.377 e. The van der Waals surface area contributed by atoms with Crippen LogP contribution in [0.25, 0.3) is 0 Å². The molecule has 1 aromatic heterocycles. The molecule has 0 radical (unpaired) electrons. The molecule has 1 aliphatic heterocycles. The first-order valence-electron chi connectivity index (χ1n) is 7.42. The van der Waals surface area contributed by atoms with Crippen LogP contribution in [0, 0.1) is 5.82 Å². The van der Waals surface area contributed by atoms with Crippen molar-refractivity contribution in [2.45, 2.75) is 32.8 Å². The summed E-state index contributed by atoms with van der Waals surface area (Å²) in [6, 6.07) is 1.25. The highest BCUT2D eigenvalue weighted by atomic mass is 19.1. The summed E-state index contributed by atoms with van der Waals surface area (Å²) in [5.74, 6) is -0.251. The fourth-order valence-corrected chi connectivity index (χ4v) is 2.34. The summed E-state index contributed by atoms with van der Waals surface area (Å²) in [7, 11) is 0. The molecule has 0 saturated carbocycles. The molecule has 116 valence electrons. The summed E-state index contributed by atoms with van der Waals surface area (Å²) >= 11 is 0. The third-order valence-corrected chi connectivity index (χ3v) is 3.37. The van der Waals surface area contributed by atoms with Gasteiger partial charge in [0.25, 0.3) is 5.91 Å². The van der Waals surface area contributed by atoms with E-state index in [1.165, 1.54) is 6.07 Å². The Morgan fingerprint density at radius 1 is 1.62 bits per heavy atom. The number of pyridine rings is 1. The van der Waals surface area contributed by atoms with E-state index in [0.717, 1.165) is 19.0 Å². The van der Waals surface area contributed by atoms with Crippen molar-refractivity contribution in [2.24, 2.45) is 0 Å². The minimum absolute atomic E-state index is 0.00924. The largest absolute Gasteiger partial charge is 0.377 e. The average molecular weight is 295 g/mol. The molecular weight excluding hydrogens is 273 g/mol. The molecule has 1 aromatic rings. The predicted octanol–water partition coefficient (Wildman–Crippen LogP) is 2.29. The third-order valence-electron chi connectivity index (χ3n) is 3.37. The van der Waals surface area contributed by atoms with Crippen LogP contribution in [0.2, 0.25) is 0 Å². The second-order valence-corrected chi connectivity index (χ2v) is 5.26.